The molecule has 0 N–H and O–H groups in total. The van der Waals surface area contributed by atoms with Gasteiger partial charge in [0.1, 0.15) is 11.0 Å². The highest BCUT2D eigenvalue weighted by Gasteiger charge is 2.14. The number of benzene rings is 1. The van der Waals surface area contributed by atoms with Gasteiger partial charge in [-0.05, 0) is 18.6 Å². The van der Waals surface area contributed by atoms with Crippen molar-refractivity contribution >= 4 is 28.3 Å². The number of hydrogen-bond acceptors (Lipinski definition) is 3. The van der Waals surface area contributed by atoms with Gasteiger partial charge in [-0.3, -0.25) is 10.1 Å². The van der Waals surface area contributed by atoms with Crippen molar-refractivity contribution in [3.05, 3.63) is 34.4 Å². The topological polar surface area (TPSA) is 63.5 Å². The molecular weight excluding hydrogens is 300 g/mol. The largest absolute Gasteiger partial charge is 0.269 e. The number of alkyl halides is 1. The molecule has 5 nitrogen and oxygen atoms in total. The monoisotopic (exact) mass is 314 g/mol. The van der Waals surface area contributed by atoms with Gasteiger partial charge < -0.3 is 0 Å². The van der Waals surface area contributed by atoms with E-state index in [1.807, 2.05) is 6.92 Å². The molecule has 1 unspecified atom stereocenters. The molecule has 0 saturated carbocycles. The molecule has 0 fully saturated rings. The first-order valence-corrected chi connectivity index (χ1v) is 7.67. The van der Waals surface area contributed by atoms with Crippen LogP contribution in [0, 0.1) is 22.0 Å². The predicted octanol–water partition coefficient (Wildman–Crippen LogP) is 2.57. The molecule has 108 valence electrons. The Morgan fingerprint density at radius 3 is 2.50 bits per heavy atom. The van der Waals surface area contributed by atoms with E-state index in [2.05, 4.69) is 11.8 Å². The van der Waals surface area contributed by atoms with E-state index in [0.717, 1.165) is 6.42 Å². The fraction of sp³-hybridized carbons (Fsp3) is 0.385. The van der Waals surface area contributed by atoms with E-state index in [-0.39, 0.29) is 11.6 Å². The first kappa shape index (κ1) is 16.6. The Morgan fingerprint density at radius 2 is 2.00 bits per heavy atom. The van der Waals surface area contributed by atoms with E-state index >= 15 is 0 Å². The molecule has 0 aliphatic rings. The van der Waals surface area contributed by atoms with Crippen molar-refractivity contribution in [3.63, 3.8) is 0 Å². The number of nitro groups is 1. The molecule has 0 radical (unpaired) electrons. The number of nitrogens with zero attached hydrogens (tertiary/aromatic N) is 2. The summed E-state index contributed by atoms with van der Waals surface area (Å²) in [4.78, 5) is 10.6. The summed E-state index contributed by atoms with van der Waals surface area (Å²) in [5, 5.41) is 10.6. The first-order valence-electron chi connectivity index (χ1n) is 6.03. The highest BCUT2D eigenvalue weighted by atomic mass is 35.5. The van der Waals surface area contributed by atoms with Gasteiger partial charge in [0, 0.05) is 18.7 Å². The Hall–Kier alpha value is -1.42. The summed E-state index contributed by atoms with van der Waals surface area (Å²) in [5.74, 6) is 5.80. The van der Waals surface area contributed by atoms with Crippen LogP contribution in [0.15, 0.2) is 29.2 Å². The third-order valence-corrected chi connectivity index (χ3v) is 3.99. The molecule has 0 amide bonds. The van der Waals surface area contributed by atoms with Gasteiger partial charge in [0.05, 0.1) is 22.2 Å². The van der Waals surface area contributed by atoms with E-state index in [0.29, 0.717) is 18.0 Å². The van der Waals surface area contributed by atoms with Crippen LogP contribution in [0.2, 0.25) is 0 Å². The lowest BCUT2D eigenvalue weighted by Gasteiger charge is -2.17. The molecule has 1 aromatic rings. The Balaban J connectivity index is 2.85. The molecule has 1 rings (SSSR count). The van der Waals surface area contributed by atoms with E-state index in [1.165, 1.54) is 24.3 Å². The molecule has 0 heterocycles. The SMILES string of the molecule is CCCN(CC#CCCl)S(=O)c1ccc([N+](=O)[O-])cc1. The zero-order valence-electron chi connectivity index (χ0n) is 11.0. The third kappa shape index (κ3) is 4.93. The maximum absolute atomic E-state index is 12.4. The van der Waals surface area contributed by atoms with Gasteiger partial charge in [-0.25, -0.2) is 8.51 Å². The minimum Gasteiger partial charge on any atom is -0.258 e. The van der Waals surface area contributed by atoms with Gasteiger partial charge in [-0.2, -0.15) is 0 Å². The van der Waals surface area contributed by atoms with Crippen LogP contribution in [0.3, 0.4) is 0 Å². The molecule has 0 aromatic heterocycles. The van der Waals surface area contributed by atoms with Crippen LogP contribution in [0.5, 0.6) is 0 Å². The van der Waals surface area contributed by atoms with Gasteiger partial charge in [-0.15, -0.1) is 11.6 Å². The average molecular weight is 315 g/mol. The molecule has 20 heavy (non-hydrogen) atoms. The van der Waals surface area contributed by atoms with Crippen molar-refractivity contribution in [1.29, 1.82) is 0 Å². The second kappa shape index (κ2) is 8.69. The number of rotatable bonds is 6. The van der Waals surface area contributed by atoms with E-state index in [9.17, 15) is 14.3 Å². The second-order valence-electron chi connectivity index (χ2n) is 3.85. The summed E-state index contributed by atoms with van der Waals surface area (Å²) in [6.45, 7) is 2.96. The molecule has 0 spiro atoms. The fourth-order valence-electron chi connectivity index (χ4n) is 1.49. The quantitative estimate of drug-likeness (QED) is 0.351. The van der Waals surface area contributed by atoms with Crippen LogP contribution in [0.4, 0.5) is 5.69 Å². The van der Waals surface area contributed by atoms with E-state index in [1.54, 1.807) is 4.31 Å². The first-order chi connectivity index (χ1) is 9.60. The summed E-state index contributed by atoms with van der Waals surface area (Å²) in [7, 11) is -1.38. The van der Waals surface area contributed by atoms with Crippen LogP contribution < -0.4 is 0 Å². The molecule has 7 heteroatoms. The summed E-state index contributed by atoms with van der Waals surface area (Å²) in [6, 6.07) is 5.71. The Bertz CT molecular complexity index is 537. The van der Waals surface area contributed by atoms with Crippen molar-refractivity contribution in [2.24, 2.45) is 0 Å². The lowest BCUT2D eigenvalue weighted by Crippen LogP contribution is -2.27. The summed E-state index contributed by atoms with van der Waals surface area (Å²) in [5.41, 5.74) is -0.0188. The van der Waals surface area contributed by atoms with Crippen LogP contribution in [-0.2, 0) is 11.0 Å². The predicted molar refractivity (Wildman–Crippen MR) is 79.9 cm³/mol. The zero-order chi connectivity index (χ0) is 15.0. The van der Waals surface area contributed by atoms with E-state index in [4.69, 9.17) is 11.6 Å². The van der Waals surface area contributed by atoms with Gasteiger partial charge in [0.15, 0.2) is 0 Å². The smallest absolute Gasteiger partial charge is 0.258 e. The Labute approximate surface area is 125 Å². The number of halogens is 1. The van der Waals surface area contributed by atoms with Crippen molar-refractivity contribution in [3.8, 4) is 11.8 Å². The molecule has 0 aliphatic carbocycles. The Morgan fingerprint density at radius 1 is 1.35 bits per heavy atom. The molecule has 0 bridgehead atoms. The minimum absolute atomic E-state index is 0.0188. The molecule has 1 aromatic carbocycles. The normalized spacial score (nSPS) is 11.8. The average Bonchev–Trinajstić information content (AvgIpc) is 2.46. The van der Waals surface area contributed by atoms with Crippen LogP contribution in [0.1, 0.15) is 13.3 Å². The highest BCUT2D eigenvalue weighted by Crippen LogP contribution is 2.16. The van der Waals surface area contributed by atoms with Crippen molar-refractivity contribution in [2.75, 3.05) is 19.0 Å². The van der Waals surface area contributed by atoms with Crippen LogP contribution in [0.25, 0.3) is 0 Å². The van der Waals surface area contributed by atoms with Gasteiger partial charge >= 0.3 is 0 Å². The maximum Gasteiger partial charge on any atom is 0.269 e. The van der Waals surface area contributed by atoms with Crippen molar-refractivity contribution < 1.29 is 9.13 Å². The fourth-order valence-corrected chi connectivity index (χ4v) is 2.79. The zero-order valence-corrected chi connectivity index (χ0v) is 12.6. The maximum atomic E-state index is 12.4. The molecule has 1 atom stereocenters. The van der Waals surface area contributed by atoms with Gasteiger partial charge in [0.25, 0.3) is 5.69 Å². The minimum atomic E-state index is -1.38. The number of nitro benzene ring substituents is 1. The summed E-state index contributed by atoms with van der Waals surface area (Å²) in [6.07, 6.45) is 0.835. The van der Waals surface area contributed by atoms with E-state index < -0.39 is 15.9 Å². The van der Waals surface area contributed by atoms with Gasteiger partial charge in [-0.1, -0.05) is 18.8 Å². The third-order valence-electron chi connectivity index (χ3n) is 2.40. The van der Waals surface area contributed by atoms with Crippen LogP contribution >= 0.6 is 11.6 Å². The number of non-ortho nitro benzene ring substituents is 1. The lowest BCUT2D eigenvalue weighted by molar-refractivity contribution is -0.384. The van der Waals surface area contributed by atoms with Crippen LogP contribution in [-0.4, -0.2) is 32.4 Å². The molecule has 0 aliphatic heterocycles. The number of hydrogen-bond donors (Lipinski definition) is 0. The molecule has 0 saturated heterocycles. The molecular formula is C13H15ClN2O3S. The highest BCUT2D eigenvalue weighted by molar-refractivity contribution is 7.82. The van der Waals surface area contributed by atoms with Crippen molar-refractivity contribution in [2.45, 2.75) is 18.2 Å². The summed E-state index contributed by atoms with van der Waals surface area (Å²) >= 11 is 5.47. The second-order valence-corrected chi connectivity index (χ2v) is 5.60. The summed E-state index contributed by atoms with van der Waals surface area (Å²) < 4.78 is 14.1. The standard InChI is InChI=1S/C13H15ClN2O3S/c1-2-10-15(11-4-3-9-14)20(19)13-7-5-12(6-8-13)16(17)18/h5-8H,2,9-11H2,1H3. The Kier molecular flexibility index (Phi) is 7.23. The lowest BCUT2D eigenvalue weighted by atomic mass is 10.3. The van der Waals surface area contributed by atoms with Gasteiger partial charge in [0.2, 0.25) is 0 Å². The van der Waals surface area contributed by atoms with Crippen molar-refractivity contribution in [1.82, 2.24) is 4.31 Å².